The standard InChI is InChI=1S/C19H21N3O5/c1-3-27-15-9-7-13(8-10-15)22-19(25)18(24)20-12-17(23)21-14-5-4-6-16(11-14)26-2/h4-11H,3,12H2,1-2H3,(H,20,24)(H,21,23)(H,22,25). The molecule has 0 saturated carbocycles. The number of anilines is 2. The Kier molecular flexibility index (Phi) is 7.18. The van der Waals surface area contributed by atoms with E-state index in [2.05, 4.69) is 16.0 Å². The molecule has 27 heavy (non-hydrogen) atoms. The number of hydrogen-bond donors (Lipinski definition) is 3. The number of methoxy groups -OCH3 is 1. The van der Waals surface area contributed by atoms with E-state index in [1.54, 1.807) is 48.5 Å². The fourth-order valence-electron chi connectivity index (χ4n) is 2.14. The number of hydrogen-bond acceptors (Lipinski definition) is 5. The molecule has 0 saturated heterocycles. The summed E-state index contributed by atoms with van der Waals surface area (Å²) in [5.41, 5.74) is 0.965. The van der Waals surface area contributed by atoms with Gasteiger partial charge in [-0.05, 0) is 43.3 Å². The van der Waals surface area contributed by atoms with E-state index in [1.165, 1.54) is 7.11 Å². The summed E-state index contributed by atoms with van der Waals surface area (Å²) >= 11 is 0. The molecule has 3 amide bonds. The van der Waals surface area contributed by atoms with Crippen LogP contribution in [-0.2, 0) is 14.4 Å². The highest BCUT2D eigenvalue weighted by Crippen LogP contribution is 2.16. The summed E-state index contributed by atoms with van der Waals surface area (Å²) in [4.78, 5) is 35.6. The smallest absolute Gasteiger partial charge is 0.313 e. The summed E-state index contributed by atoms with van der Waals surface area (Å²) in [5.74, 6) is -0.996. The first-order valence-corrected chi connectivity index (χ1v) is 8.27. The number of benzene rings is 2. The van der Waals surface area contributed by atoms with Crippen LogP contribution in [0.4, 0.5) is 11.4 Å². The Morgan fingerprint density at radius 1 is 0.889 bits per heavy atom. The molecule has 3 N–H and O–H groups in total. The van der Waals surface area contributed by atoms with Crippen molar-refractivity contribution in [2.45, 2.75) is 6.92 Å². The highest BCUT2D eigenvalue weighted by Gasteiger charge is 2.15. The van der Waals surface area contributed by atoms with Gasteiger partial charge in [0.05, 0.1) is 20.3 Å². The second kappa shape index (κ2) is 9.81. The molecule has 2 aromatic rings. The third kappa shape index (κ3) is 6.35. The Morgan fingerprint density at radius 2 is 1.63 bits per heavy atom. The molecule has 8 heteroatoms. The lowest BCUT2D eigenvalue weighted by atomic mass is 10.3. The van der Waals surface area contributed by atoms with Crippen LogP contribution in [0.1, 0.15) is 6.92 Å². The summed E-state index contributed by atoms with van der Waals surface area (Å²) in [5, 5.41) is 7.31. The molecule has 0 bridgehead atoms. The summed E-state index contributed by atoms with van der Waals surface area (Å²) < 4.78 is 10.4. The molecule has 0 heterocycles. The van der Waals surface area contributed by atoms with Crippen LogP contribution in [0.15, 0.2) is 48.5 Å². The molecule has 0 aliphatic rings. The Bertz CT molecular complexity index is 805. The second-order valence-electron chi connectivity index (χ2n) is 5.37. The first-order chi connectivity index (χ1) is 13.0. The Hall–Kier alpha value is -3.55. The van der Waals surface area contributed by atoms with Gasteiger partial charge in [-0.1, -0.05) is 6.07 Å². The average molecular weight is 371 g/mol. The van der Waals surface area contributed by atoms with Crippen molar-refractivity contribution in [1.82, 2.24) is 5.32 Å². The Morgan fingerprint density at radius 3 is 2.30 bits per heavy atom. The van der Waals surface area contributed by atoms with Crippen molar-refractivity contribution >= 4 is 29.1 Å². The van der Waals surface area contributed by atoms with Crippen LogP contribution < -0.4 is 25.4 Å². The van der Waals surface area contributed by atoms with Gasteiger partial charge in [-0.3, -0.25) is 14.4 Å². The summed E-state index contributed by atoms with van der Waals surface area (Å²) in [6.07, 6.45) is 0. The van der Waals surface area contributed by atoms with Crippen molar-refractivity contribution in [2.24, 2.45) is 0 Å². The van der Waals surface area contributed by atoms with Crippen LogP contribution >= 0.6 is 0 Å². The van der Waals surface area contributed by atoms with Gasteiger partial charge >= 0.3 is 11.8 Å². The van der Waals surface area contributed by atoms with Crippen LogP contribution in [0, 0.1) is 0 Å². The molecular weight excluding hydrogens is 350 g/mol. The fraction of sp³-hybridized carbons (Fsp3) is 0.211. The van der Waals surface area contributed by atoms with Gasteiger partial charge in [0.25, 0.3) is 0 Å². The van der Waals surface area contributed by atoms with Crippen LogP contribution in [0.2, 0.25) is 0 Å². The normalized spacial score (nSPS) is 9.85. The molecule has 142 valence electrons. The molecule has 0 spiro atoms. The van der Waals surface area contributed by atoms with Crippen molar-refractivity contribution in [3.63, 3.8) is 0 Å². The zero-order valence-corrected chi connectivity index (χ0v) is 15.1. The zero-order chi connectivity index (χ0) is 19.6. The molecule has 2 aromatic carbocycles. The predicted molar refractivity (Wildman–Crippen MR) is 101 cm³/mol. The predicted octanol–water partition coefficient (Wildman–Crippen LogP) is 1.79. The quantitative estimate of drug-likeness (QED) is 0.644. The number of amides is 3. The molecule has 8 nitrogen and oxygen atoms in total. The van der Waals surface area contributed by atoms with E-state index in [4.69, 9.17) is 9.47 Å². The Labute approximate surface area is 156 Å². The molecular formula is C19H21N3O5. The zero-order valence-electron chi connectivity index (χ0n) is 15.1. The lowest BCUT2D eigenvalue weighted by Gasteiger charge is -2.09. The van der Waals surface area contributed by atoms with Crippen LogP contribution in [0.25, 0.3) is 0 Å². The number of carbonyl (C=O) groups excluding carboxylic acids is 3. The summed E-state index contributed by atoms with van der Waals surface area (Å²) in [7, 11) is 1.52. The lowest BCUT2D eigenvalue weighted by molar-refractivity contribution is -0.136. The largest absolute Gasteiger partial charge is 0.497 e. The van der Waals surface area contributed by atoms with Gasteiger partial charge in [-0.25, -0.2) is 0 Å². The lowest BCUT2D eigenvalue weighted by Crippen LogP contribution is -2.39. The summed E-state index contributed by atoms with van der Waals surface area (Å²) in [6, 6.07) is 13.4. The maximum Gasteiger partial charge on any atom is 0.313 e. The highest BCUT2D eigenvalue weighted by molar-refractivity contribution is 6.39. The van der Waals surface area contributed by atoms with E-state index in [9.17, 15) is 14.4 Å². The van der Waals surface area contributed by atoms with Crippen LogP contribution in [-0.4, -0.2) is 38.0 Å². The van der Waals surface area contributed by atoms with Gasteiger partial charge < -0.3 is 25.4 Å². The minimum Gasteiger partial charge on any atom is -0.497 e. The highest BCUT2D eigenvalue weighted by atomic mass is 16.5. The van der Waals surface area contributed by atoms with Crippen LogP contribution in [0.5, 0.6) is 11.5 Å². The van der Waals surface area contributed by atoms with E-state index < -0.39 is 17.7 Å². The topological polar surface area (TPSA) is 106 Å². The molecule has 0 fully saturated rings. The third-order valence-corrected chi connectivity index (χ3v) is 3.39. The third-order valence-electron chi connectivity index (χ3n) is 3.39. The van der Waals surface area contributed by atoms with Gasteiger partial charge in [0.15, 0.2) is 0 Å². The van der Waals surface area contributed by atoms with E-state index in [1.807, 2.05) is 6.92 Å². The summed E-state index contributed by atoms with van der Waals surface area (Å²) in [6.45, 7) is 2.06. The van der Waals surface area contributed by atoms with Crippen molar-refractivity contribution in [2.75, 3.05) is 30.9 Å². The molecule has 0 aliphatic heterocycles. The van der Waals surface area contributed by atoms with Gasteiger partial charge in [0.1, 0.15) is 11.5 Å². The van der Waals surface area contributed by atoms with Crippen molar-refractivity contribution in [3.8, 4) is 11.5 Å². The van der Waals surface area contributed by atoms with Crippen molar-refractivity contribution < 1.29 is 23.9 Å². The minimum absolute atomic E-state index is 0.341. The first kappa shape index (κ1) is 19.8. The first-order valence-electron chi connectivity index (χ1n) is 8.27. The van der Waals surface area contributed by atoms with Gasteiger partial charge in [-0.2, -0.15) is 0 Å². The number of rotatable bonds is 7. The number of nitrogens with one attached hydrogen (secondary N) is 3. The molecule has 0 unspecified atom stereocenters. The van der Waals surface area contributed by atoms with Gasteiger partial charge in [-0.15, -0.1) is 0 Å². The fourth-order valence-corrected chi connectivity index (χ4v) is 2.14. The van der Waals surface area contributed by atoms with Gasteiger partial charge in [0, 0.05) is 17.4 Å². The maximum absolute atomic E-state index is 11.9. The van der Waals surface area contributed by atoms with Crippen molar-refractivity contribution in [3.05, 3.63) is 48.5 Å². The second-order valence-corrected chi connectivity index (χ2v) is 5.37. The van der Waals surface area contributed by atoms with E-state index >= 15 is 0 Å². The maximum atomic E-state index is 11.9. The Balaban J connectivity index is 1.79. The minimum atomic E-state index is -0.912. The number of carbonyl (C=O) groups is 3. The van der Waals surface area contributed by atoms with Gasteiger partial charge in [0.2, 0.25) is 5.91 Å². The van der Waals surface area contributed by atoms with E-state index in [0.717, 1.165) is 0 Å². The molecule has 0 aromatic heterocycles. The van der Waals surface area contributed by atoms with Crippen LogP contribution in [0.3, 0.4) is 0 Å². The van der Waals surface area contributed by atoms with E-state index in [0.29, 0.717) is 29.5 Å². The molecule has 2 rings (SSSR count). The van der Waals surface area contributed by atoms with E-state index in [-0.39, 0.29) is 6.54 Å². The SMILES string of the molecule is CCOc1ccc(NC(=O)C(=O)NCC(=O)Nc2cccc(OC)c2)cc1. The molecule has 0 aliphatic carbocycles. The number of ether oxygens (including phenoxy) is 2. The molecule has 0 atom stereocenters. The average Bonchev–Trinajstić information content (AvgIpc) is 2.68. The van der Waals surface area contributed by atoms with Crippen molar-refractivity contribution in [1.29, 1.82) is 0 Å². The monoisotopic (exact) mass is 371 g/mol. The molecule has 0 radical (unpaired) electrons.